The zero-order chi connectivity index (χ0) is 17.9. The lowest BCUT2D eigenvalue weighted by Crippen LogP contribution is -2.21. The van der Waals surface area contributed by atoms with Gasteiger partial charge in [-0.2, -0.15) is 0 Å². The Hall–Kier alpha value is -1.89. The number of ether oxygens (including phenoxy) is 1. The number of nitrogens with one attached hydrogen (secondary N) is 1. The molecule has 0 saturated carbocycles. The Morgan fingerprint density at radius 3 is 2.42 bits per heavy atom. The van der Waals surface area contributed by atoms with Gasteiger partial charge in [-0.3, -0.25) is 4.79 Å². The third kappa shape index (κ3) is 4.35. The lowest BCUT2D eigenvalue weighted by atomic mass is 10.2. The fraction of sp³-hybridized carbons (Fsp3) is 0.0667. The molecule has 24 heavy (non-hydrogen) atoms. The van der Waals surface area contributed by atoms with Gasteiger partial charge in [-0.15, -0.1) is 0 Å². The van der Waals surface area contributed by atoms with Gasteiger partial charge in [-0.1, -0.05) is 34.8 Å². The maximum Gasteiger partial charge on any atom is 0.341 e. The summed E-state index contributed by atoms with van der Waals surface area (Å²) in [5, 5.41) is 2.03. The van der Waals surface area contributed by atoms with Gasteiger partial charge in [-0.05, 0) is 24.3 Å². The smallest absolute Gasteiger partial charge is 0.341 e. The number of carbonyl (C=O) groups excluding carboxylic acids is 2. The summed E-state index contributed by atoms with van der Waals surface area (Å²) in [6.45, 7) is -0.756. The molecule has 1 N–H and O–H groups in total. The Morgan fingerprint density at radius 2 is 1.71 bits per heavy atom. The summed E-state index contributed by atoms with van der Waals surface area (Å²) < 4.78 is 31.2. The first kappa shape index (κ1) is 18.4. The number of amides is 1. The number of carbonyl (C=O) groups is 2. The lowest BCUT2D eigenvalue weighted by Gasteiger charge is -2.10. The highest BCUT2D eigenvalue weighted by molar-refractivity contribution is 6.46. The van der Waals surface area contributed by atoms with E-state index in [1.54, 1.807) is 0 Å². The molecule has 4 nitrogen and oxygen atoms in total. The second-order valence-electron chi connectivity index (χ2n) is 4.47. The molecule has 0 fully saturated rings. The molecule has 0 bridgehead atoms. The summed E-state index contributed by atoms with van der Waals surface area (Å²) in [6, 6.07) is 5.27. The fourth-order valence-electron chi connectivity index (χ4n) is 1.70. The van der Waals surface area contributed by atoms with Crippen molar-refractivity contribution in [3.05, 3.63) is 62.6 Å². The van der Waals surface area contributed by atoms with Crippen LogP contribution in [-0.2, 0) is 9.53 Å². The highest BCUT2D eigenvalue weighted by Gasteiger charge is 2.20. The van der Waals surface area contributed by atoms with Crippen LogP contribution in [0.3, 0.4) is 0 Å². The molecule has 0 spiro atoms. The molecular formula is C15H8Cl3F2NO3. The highest BCUT2D eigenvalue weighted by Crippen LogP contribution is 2.31. The molecule has 0 aliphatic rings. The minimum atomic E-state index is -0.984. The van der Waals surface area contributed by atoms with Crippen LogP contribution >= 0.6 is 34.8 Å². The van der Waals surface area contributed by atoms with Crippen LogP contribution in [0.4, 0.5) is 14.5 Å². The van der Waals surface area contributed by atoms with E-state index < -0.39 is 30.1 Å². The largest absolute Gasteiger partial charge is 0.452 e. The van der Waals surface area contributed by atoms with E-state index in [2.05, 4.69) is 5.32 Å². The summed E-state index contributed by atoms with van der Waals surface area (Å²) in [6.07, 6.45) is 0. The first-order chi connectivity index (χ1) is 11.3. The van der Waals surface area contributed by atoms with E-state index in [-0.39, 0.29) is 26.3 Å². The quantitative estimate of drug-likeness (QED) is 0.603. The third-order valence-electron chi connectivity index (χ3n) is 2.78. The van der Waals surface area contributed by atoms with Gasteiger partial charge in [0.2, 0.25) is 0 Å². The predicted molar refractivity (Wildman–Crippen MR) is 86.7 cm³/mol. The molecule has 126 valence electrons. The SMILES string of the molecule is O=C(COC(=O)c1c(Cl)ccc(Cl)c1Cl)Nc1cc(F)ccc1F. The number of halogens is 5. The predicted octanol–water partition coefficient (Wildman–Crippen LogP) is 4.72. The van der Waals surface area contributed by atoms with Crippen molar-refractivity contribution in [2.45, 2.75) is 0 Å². The molecule has 1 amide bonds. The second-order valence-corrected chi connectivity index (χ2v) is 5.66. The Kier molecular flexibility index (Phi) is 5.99. The van der Waals surface area contributed by atoms with Crippen molar-refractivity contribution in [2.24, 2.45) is 0 Å². The Labute approximate surface area is 150 Å². The van der Waals surface area contributed by atoms with Crippen LogP contribution in [0.1, 0.15) is 10.4 Å². The van der Waals surface area contributed by atoms with Crippen molar-refractivity contribution >= 4 is 52.4 Å². The molecule has 9 heteroatoms. The summed E-state index contributed by atoms with van der Waals surface area (Å²) in [7, 11) is 0. The summed E-state index contributed by atoms with van der Waals surface area (Å²) in [4.78, 5) is 23.6. The van der Waals surface area contributed by atoms with Crippen molar-refractivity contribution in [2.75, 3.05) is 11.9 Å². The second kappa shape index (κ2) is 7.79. The minimum absolute atomic E-state index is 0.00835. The molecule has 0 unspecified atom stereocenters. The zero-order valence-electron chi connectivity index (χ0n) is 11.7. The lowest BCUT2D eigenvalue weighted by molar-refractivity contribution is -0.119. The highest BCUT2D eigenvalue weighted by atomic mass is 35.5. The van der Waals surface area contributed by atoms with E-state index in [9.17, 15) is 18.4 Å². The van der Waals surface area contributed by atoms with Crippen molar-refractivity contribution in [3.63, 3.8) is 0 Å². The fourth-order valence-corrected chi connectivity index (χ4v) is 2.38. The van der Waals surface area contributed by atoms with Crippen LogP contribution < -0.4 is 5.32 Å². The Morgan fingerprint density at radius 1 is 1.04 bits per heavy atom. The number of hydrogen-bond acceptors (Lipinski definition) is 3. The van der Waals surface area contributed by atoms with Crippen LogP contribution in [0.25, 0.3) is 0 Å². The minimum Gasteiger partial charge on any atom is -0.452 e. The third-order valence-corrected chi connectivity index (χ3v) is 3.90. The van der Waals surface area contributed by atoms with Gasteiger partial charge in [0.05, 0.1) is 26.3 Å². The monoisotopic (exact) mass is 393 g/mol. The van der Waals surface area contributed by atoms with Crippen molar-refractivity contribution in [3.8, 4) is 0 Å². The van der Waals surface area contributed by atoms with Gasteiger partial charge in [0.1, 0.15) is 11.6 Å². The van der Waals surface area contributed by atoms with Gasteiger partial charge in [0.15, 0.2) is 6.61 Å². The molecule has 0 atom stereocenters. The standard InChI is InChI=1S/C15H8Cl3F2NO3/c16-8-2-3-9(17)14(18)13(8)15(23)24-6-12(22)21-11-5-7(19)1-4-10(11)20/h1-5H,6H2,(H,21,22). The maximum atomic E-state index is 13.4. The zero-order valence-corrected chi connectivity index (χ0v) is 14.0. The van der Waals surface area contributed by atoms with E-state index in [0.717, 1.165) is 18.2 Å². The topological polar surface area (TPSA) is 55.4 Å². The number of anilines is 1. The van der Waals surface area contributed by atoms with Crippen molar-refractivity contribution < 1.29 is 23.1 Å². The average molecular weight is 395 g/mol. The van der Waals surface area contributed by atoms with Gasteiger partial charge in [-0.25, -0.2) is 13.6 Å². The van der Waals surface area contributed by atoms with Crippen LogP contribution in [0, 0.1) is 11.6 Å². The molecular weight excluding hydrogens is 387 g/mol. The number of rotatable bonds is 4. The molecule has 0 aromatic heterocycles. The van der Waals surface area contributed by atoms with Gasteiger partial charge in [0, 0.05) is 6.07 Å². The molecule has 0 aliphatic heterocycles. The van der Waals surface area contributed by atoms with Crippen LogP contribution in [-0.4, -0.2) is 18.5 Å². The molecule has 0 saturated heterocycles. The molecule has 2 rings (SSSR count). The molecule has 2 aromatic carbocycles. The molecule has 0 radical (unpaired) electrons. The number of esters is 1. The van der Waals surface area contributed by atoms with E-state index in [1.807, 2.05) is 0 Å². The Bertz CT molecular complexity index is 815. The summed E-state index contributed by atoms with van der Waals surface area (Å²) in [5.74, 6) is -3.43. The Balaban J connectivity index is 2.03. The van der Waals surface area contributed by atoms with Crippen molar-refractivity contribution in [1.29, 1.82) is 0 Å². The summed E-state index contributed by atoms with van der Waals surface area (Å²) in [5.41, 5.74) is -0.578. The maximum absolute atomic E-state index is 13.4. The molecule has 0 heterocycles. The van der Waals surface area contributed by atoms with E-state index in [1.165, 1.54) is 12.1 Å². The molecule has 2 aromatic rings. The van der Waals surface area contributed by atoms with E-state index in [4.69, 9.17) is 39.5 Å². The average Bonchev–Trinajstić information content (AvgIpc) is 2.53. The first-order valence-electron chi connectivity index (χ1n) is 6.35. The van der Waals surface area contributed by atoms with E-state index >= 15 is 0 Å². The van der Waals surface area contributed by atoms with E-state index in [0.29, 0.717) is 0 Å². The molecule has 0 aliphatic carbocycles. The van der Waals surface area contributed by atoms with Gasteiger partial charge >= 0.3 is 5.97 Å². The van der Waals surface area contributed by atoms with Gasteiger partial charge in [0.25, 0.3) is 5.91 Å². The first-order valence-corrected chi connectivity index (χ1v) is 7.48. The van der Waals surface area contributed by atoms with Crippen LogP contribution in [0.15, 0.2) is 30.3 Å². The summed E-state index contributed by atoms with van der Waals surface area (Å²) >= 11 is 17.5. The normalized spacial score (nSPS) is 10.4. The van der Waals surface area contributed by atoms with Crippen LogP contribution in [0.2, 0.25) is 15.1 Å². The number of benzene rings is 2. The number of hydrogen-bond donors (Lipinski definition) is 1. The van der Waals surface area contributed by atoms with Crippen molar-refractivity contribution in [1.82, 2.24) is 0 Å². The van der Waals surface area contributed by atoms with Gasteiger partial charge < -0.3 is 10.1 Å². The van der Waals surface area contributed by atoms with Crippen LogP contribution in [0.5, 0.6) is 0 Å².